The number of nitrogens with zero attached hydrogens (tertiary/aromatic N) is 6. The van der Waals surface area contributed by atoms with Gasteiger partial charge in [0.25, 0.3) is 0 Å². The molecule has 3 rings (SSSR count). The van der Waals surface area contributed by atoms with Crippen molar-refractivity contribution in [1.82, 2.24) is 24.5 Å². The topological polar surface area (TPSA) is 72.9 Å². The third kappa shape index (κ3) is 3.03. The lowest BCUT2D eigenvalue weighted by atomic mass is 10.4. The minimum absolute atomic E-state index is 0.140. The predicted octanol–water partition coefficient (Wildman–Crippen LogP) is 2.33. The number of rotatable bonds is 5. The van der Waals surface area contributed by atoms with Gasteiger partial charge in [-0.2, -0.15) is 15.0 Å². The first-order valence-corrected chi connectivity index (χ1v) is 6.81. The summed E-state index contributed by atoms with van der Waals surface area (Å²) in [5, 5.41) is 0.140. The third-order valence-electron chi connectivity index (χ3n) is 2.91. The van der Waals surface area contributed by atoms with E-state index in [9.17, 15) is 0 Å². The Labute approximate surface area is 126 Å². The van der Waals surface area contributed by atoms with Crippen molar-refractivity contribution in [3.8, 4) is 5.95 Å². The van der Waals surface area contributed by atoms with E-state index in [1.807, 2.05) is 24.0 Å². The lowest BCUT2D eigenvalue weighted by Crippen LogP contribution is -2.25. The Kier molecular flexibility index (Phi) is 3.83. The molecule has 0 bridgehead atoms. The molecule has 21 heavy (non-hydrogen) atoms. The molecule has 0 atom stereocenters. The van der Waals surface area contributed by atoms with E-state index in [-0.39, 0.29) is 5.28 Å². The lowest BCUT2D eigenvalue weighted by molar-refractivity contribution is 0.501. The summed E-state index contributed by atoms with van der Waals surface area (Å²) in [7, 11) is 0. The molecule has 0 N–H and O–H groups in total. The summed E-state index contributed by atoms with van der Waals surface area (Å²) in [6, 6.07) is 3.75. The second-order valence-corrected chi connectivity index (χ2v) is 4.61. The first-order chi connectivity index (χ1) is 10.3. The Balaban J connectivity index is 1.93. The van der Waals surface area contributed by atoms with Crippen molar-refractivity contribution in [3.05, 3.63) is 48.2 Å². The Hall–Kier alpha value is -2.41. The summed E-state index contributed by atoms with van der Waals surface area (Å²) >= 11 is 6.00. The van der Waals surface area contributed by atoms with Crippen molar-refractivity contribution in [3.63, 3.8) is 0 Å². The lowest BCUT2D eigenvalue weighted by Gasteiger charge is -2.19. The molecule has 3 aromatic rings. The molecule has 0 aliphatic rings. The number of halogens is 1. The highest BCUT2D eigenvalue weighted by molar-refractivity contribution is 6.28. The van der Waals surface area contributed by atoms with Gasteiger partial charge in [0.15, 0.2) is 0 Å². The van der Waals surface area contributed by atoms with Crippen LogP contribution in [0.4, 0.5) is 5.95 Å². The van der Waals surface area contributed by atoms with Crippen LogP contribution >= 0.6 is 11.6 Å². The van der Waals surface area contributed by atoms with Crippen molar-refractivity contribution in [2.24, 2.45) is 0 Å². The molecule has 7 nitrogen and oxygen atoms in total. The van der Waals surface area contributed by atoms with Crippen molar-refractivity contribution in [2.45, 2.75) is 13.5 Å². The number of hydrogen-bond donors (Lipinski definition) is 0. The smallest absolute Gasteiger partial charge is 0.241 e. The van der Waals surface area contributed by atoms with Crippen LogP contribution in [0.3, 0.4) is 0 Å². The normalized spacial score (nSPS) is 10.8. The van der Waals surface area contributed by atoms with Crippen LogP contribution in [-0.4, -0.2) is 31.0 Å². The van der Waals surface area contributed by atoms with Crippen LogP contribution in [-0.2, 0) is 6.54 Å². The highest BCUT2D eigenvalue weighted by Crippen LogP contribution is 2.16. The van der Waals surface area contributed by atoms with Gasteiger partial charge >= 0.3 is 0 Å². The molecular weight excluding hydrogens is 292 g/mol. The zero-order chi connectivity index (χ0) is 14.7. The molecule has 108 valence electrons. The van der Waals surface area contributed by atoms with E-state index in [0.29, 0.717) is 25.0 Å². The van der Waals surface area contributed by atoms with E-state index in [2.05, 4.69) is 19.9 Å². The van der Waals surface area contributed by atoms with Crippen molar-refractivity contribution in [1.29, 1.82) is 0 Å². The Morgan fingerprint density at radius 2 is 2.24 bits per heavy atom. The first kappa shape index (κ1) is 13.6. The molecule has 0 spiro atoms. The highest BCUT2D eigenvalue weighted by atomic mass is 35.5. The zero-order valence-corrected chi connectivity index (χ0v) is 12.1. The standard InChI is InChI=1S/C13H13ClN6O/c1-2-19(8-10-4-3-7-21-10)12-16-11(14)17-13(18-12)20-6-5-15-9-20/h3-7,9H,2,8H2,1H3. The SMILES string of the molecule is CCN(Cc1ccco1)c1nc(Cl)nc(-n2ccnc2)n1. The quantitative estimate of drug-likeness (QED) is 0.720. The molecule has 0 aromatic carbocycles. The summed E-state index contributed by atoms with van der Waals surface area (Å²) < 4.78 is 7.04. The predicted molar refractivity (Wildman–Crippen MR) is 77.4 cm³/mol. The van der Waals surface area contributed by atoms with Gasteiger partial charge in [0.1, 0.15) is 12.1 Å². The minimum atomic E-state index is 0.140. The van der Waals surface area contributed by atoms with Gasteiger partial charge in [0.2, 0.25) is 17.2 Å². The molecule has 0 radical (unpaired) electrons. The fourth-order valence-electron chi connectivity index (χ4n) is 1.88. The highest BCUT2D eigenvalue weighted by Gasteiger charge is 2.14. The summed E-state index contributed by atoms with van der Waals surface area (Å²) in [4.78, 5) is 18.6. The monoisotopic (exact) mass is 304 g/mol. The maximum Gasteiger partial charge on any atom is 0.241 e. The molecule has 0 aliphatic carbocycles. The number of imidazole rings is 1. The van der Waals surface area contributed by atoms with Crippen LogP contribution in [0.5, 0.6) is 0 Å². The Bertz CT molecular complexity index is 698. The van der Waals surface area contributed by atoms with Gasteiger partial charge < -0.3 is 9.32 Å². The summed E-state index contributed by atoms with van der Waals surface area (Å²) in [6.07, 6.45) is 6.65. The summed E-state index contributed by atoms with van der Waals surface area (Å²) in [5.41, 5.74) is 0. The van der Waals surface area contributed by atoms with E-state index >= 15 is 0 Å². The Morgan fingerprint density at radius 3 is 2.90 bits per heavy atom. The van der Waals surface area contributed by atoms with Crippen LogP contribution in [0, 0.1) is 0 Å². The van der Waals surface area contributed by atoms with Crippen molar-refractivity contribution in [2.75, 3.05) is 11.4 Å². The maximum absolute atomic E-state index is 6.00. The fraction of sp³-hybridized carbons (Fsp3) is 0.231. The molecule has 3 heterocycles. The summed E-state index contributed by atoms with van der Waals surface area (Å²) in [6.45, 7) is 3.29. The average Bonchev–Trinajstić information content (AvgIpc) is 3.17. The average molecular weight is 305 g/mol. The first-order valence-electron chi connectivity index (χ1n) is 6.43. The third-order valence-corrected chi connectivity index (χ3v) is 3.08. The van der Waals surface area contributed by atoms with Gasteiger partial charge in [-0.3, -0.25) is 4.57 Å². The second kappa shape index (κ2) is 5.92. The Morgan fingerprint density at radius 1 is 1.33 bits per heavy atom. The second-order valence-electron chi connectivity index (χ2n) is 4.27. The number of furan rings is 1. The molecule has 0 amide bonds. The zero-order valence-electron chi connectivity index (χ0n) is 11.3. The molecule has 8 heteroatoms. The van der Waals surface area contributed by atoms with E-state index in [1.165, 1.54) is 0 Å². The molecular formula is C13H13ClN6O. The van der Waals surface area contributed by atoms with Gasteiger partial charge in [0, 0.05) is 18.9 Å². The van der Waals surface area contributed by atoms with Crippen LogP contribution in [0.2, 0.25) is 5.28 Å². The van der Waals surface area contributed by atoms with Gasteiger partial charge in [0.05, 0.1) is 12.8 Å². The van der Waals surface area contributed by atoms with Crippen molar-refractivity contribution < 1.29 is 4.42 Å². The van der Waals surface area contributed by atoms with Crippen molar-refractivity contribution >= 4 is 17.5 Å². The number of hydrogen-bond acceptors (Lipinski definition) is 6. The molecule has 0 saturated heterocycles. The molecule has 0 unspecified atom stereocenters. The maximum atomic E-state index is 6.00. The van der Waals surface area contributed by atoms with E-state index < -0.39 is 0 Å². The minimum Gasteiger partial charge on any atom is -0.467 e. The van der Waals surface area contributed by atoms with Crippen LogP contribution in [0.15, 0.2) is 41.5 Å². The fourth-order valence-corrected chi connectivity index (χ4v) is 2.03. The number of aromatic nitrogens is 5. The molecule has 0 saturated carbocycles. The van der Waals surface area contributed by atoms with E-state index in [0.717, 1.165) is 5.76 Å². The van der Waals surface area contributed by atoms with Gasteiger partial charge in [-0.1, -0.05) is 0 Å². The molecule has 0 fully saturated rings. The van der Waals surface area contributed by atoms with Gasteiger partial charge in [-0.25, -0.2) is 4.98 Å². The molecule has 0 aliphatic heterocycles. The summed E-state index contributed by atoms with van der Waals surface area (Å²) in [5.74, 6) is 1.76. The molecule has 3 aromatic heterocycles. The van der Waals surface area contributed by atoms with Gasteiger partial charge in [-0.05, 0) is 30.7 Å². The van der Waals surface area contributed by atoms with Gasteiger partial charge in [-0.15, -0.1) is 0 Å². The van der Waals surface area contributed by atoms with Crippen LogP contribution in [0.1, 0.15) is 12.7 Å². The number of anilines is 1. The largest absolute Gasteiger partial charge is 0.467 e. The van der Waals surface area contributed by atoms with Crippen LogP contribution in [0.25, 0.3) is 5.95 Å². The van der Waals surface area contributed by atoms with E-state index in [4.69, 9.17) is 16.0 Å². The van der Waals surface area contributed by atoms with E-state index in [1.54, 1.807) is 29.6 Å². The van der Waals surface area contributed by atoms with Crippen LogP contribution < -0.4 is 4.90 Å².